The van der Waals surface area contributed by atoms with Gasteiger partial charge in [0.2, 0.25) is 5.91 Å². The molecule has 1 saturated carbocycles. The Labute approximate surface area is 93.0 Å². The summed E-state index contributed by atoms with van der Waals surface area (Å²) in [6.45, 7) is 7.19. The van der Waals surface area contributed by atoms with E-state index in [1.165, 1.54) is 12.8 Å². The fourth-order valence-electron chi connectivity index (χ4n) is 1.92. The van der Waals surface area contributed by atoms with E-state index < -0.39 is 0 Å². The minimum Gasteiger partial charge on any atom is -0.338 e. The van der Waals surface area contributed by atoms with Gasteiger partial charge in [0.25, 0.3) is 0 Å². The van der Waals surface area contributed by atoms with E-state index in [-0.39, 0.29) is 11.9 Å². The van der Waals surface area contributed by atoms with E-state index >= 15 is 0 Å². The number of nitrogens with zero attached hydrogens (tertiary/aromatic N) is 1. The van der Waals surface area contributed by atoms with Crippen LogP contribution in [0.2, 0.25) is 0 Å². The third-order valence-corrected chi connectivity index (χ3v) is 2.78. The van der Waals surface area contributed by atoms with Gasteiger partial charge in [-0.1, -0.05) is 20.8 Å². The van der Waals surface area contributed by atoms with Crippen LogP contribution in [0, 0.1) is 5.92 Å². The van der Waals surface area contributed by atoms with Crippen LogP contribution < -0.4 is 5.73 Å². The SMILES string of the molecule is CCCN(C(=O)[C@H](N)CC(C)C)C1CC1. The molecule has 2 N–H and O–H groups in total. The quantitative estimate of drug-likeness (QED) is 0.729. The van der Waals surface area contributed by atoms with Gasteiger partial charge in [-0.2, -0.15) is 0 Å². The molecule has 0 aromatic heterocycles. The topological polar surface area (TPSA) is 46.3 Å². The van der Waals surface area contributed by atoms with E-state index in [9.17, 15) is 4.79 Å². The molecule has 0 aliphatic heterocycles. The summed E-state index contributed by atoms with van der Waals surface area (Å²) in [6.07, 6.45) is 4.16. The van der Waals surface area contributed by atoms with Crippen molar-refractivity contribution in [1.29, 1.82) is 0 Å². The molecule has 1 rings (SSSR count). The highest BCUT2D eigenvalue weighted by Gasteiger charge is 2.34. The highest BCUT2D eigenvalue weighted by atomic mass is 16.2. The molecule has 1 aliphatic carbocycles. The van der Waals surface area contributed by atoms with Gasteiger partial charge in [0, 0.05) is 12.6 Å². The third-order valence-electron chi connectivity index (χ3n) is 2.78. The van der Waals surface area contributed by atoms with E-state index in [0.717, 1.165) is 19.4 Å². The first-order chi connectivity index (χ1) is 7.06. The van der Waals surface area contributed by atoms with Crippen LogP contribution in [0.5, 0.6) is 0 Å². The molecular weight excluding hydrogens is 188 g/mol. The summed E-state index contributed by atoms with van der Waals surface area (Å²) >= 11 is 0. The Balaban J connectivity index is 2.47. The molecule has 88 valence electrons. The van der Waals surface area contributed by atoms with E-state index in [4.69, 9.17) is 5.73 Å². The summed E-state index contributed by atoms with van der Waals surface area (Å²) in [4.78, 5) is 14.0. The van der Waals surface area contributed by atoms with Crippen molar-refractivity contribution >= 4 is 5.91 Å². The molecule has 0 aromatic carbocycles. The molecule has 1 fully saturated rings. The molecule has 0 unspecified atom stereocenters. The lowest BCUT2D eigenvalue weighted by Gasteiger charge is -2.25. The second-order valence-electron chi connectivity index (χ2n) is 5.00. The zero-order chi connectivity index (χ0) is 11.4. The van der Waals surface area contributed by atoms with Gasteiger partial charge in [0.15, 0.2) is 0 Å². The molecule has 0 bridgehead atoms. The summed E-state index contributed by atoms with van der Waals surface area (Å²) in [5.74, 6) is 0.652. The van der Waals surface area contributed by atoms with Gasteiger partial charge >= 0.3 is 0 Å². The van der Waals surface area contributed by atoms with Crippen LogP contribution in [0.4, 0.5) is 0 Å². The van der Waals surface area contributed by atoms with Gasteiger partial charge < -0.3 is 10.6 Å². The third kappa shape index (κ3) is 3.82. The first-order valence-electron chi connectivity index (χ1n) is 6.12. The molecule has 3 nitrogen and oxygen atoms in total. The van der Waals surface area contributed by atoms with Crippen LogP contribution in [0.25, 0.3) is 0 Å². The van der Waals surface area contributed by atoms with Gasteiger partial charge in [-0.3, -0.25) is 4.79 Å². The van der Waals surface area contributed by atoms with Crippen molar-refractivity contribution in [2.24, 2.45) is 11.7 Å². The van der Waals surface area contributed by atoms with Gasteiger partial charge in [-0.05, 0) is 31.6 Å². The smallest absolute Gasteiger partial charge is 0.239 e. The second kappa shape index (κ2) is 5.50. The number of carbonyl (C=O) groups excluding carboxylic acids is 1. The second-order valence-corrected chi connectivity index (χ2v) is 5.00. The van der Waals surface area contributed by atoms with Crippen molar-refractivity contribution in [2.45, 2.75) is 58.5 Å². The Morgan fingerprint density at radius 2 is 2.07 bits per heavy atom. The van der Waals surface area contributed by atoms with Crippen LogP contribution in [-0.2, 0) is 4.79 Å². The van der Waals surface area contributed by atoms with Crippen LogP contribution in [0.15, 0.2) is 0 Å². The monoisotopic (exact) mass is 212 g/mol. The lowest BCUT2D eigenvalue weighted by atomic mass is 10.0. The Morgan fingerprint density at radius 1 is 1.47 bits per heavy atom. The van der Waals surface area contributed by atoms with Crippen molar-refractivity contribution in [2.75, 3.05) is 6.54 Å². The molecule has 0 spiro atoms. The number of hydrogen-bond acceptors (Lipinski definition) is 2. The number of nitrogens with two attached hydrogens (primary N) is 1. The van der Waals surface area contributed by atoms with Crippen LogP contribution >= 0.6 is 0 Å². The van der Waals surface area contributed by atoms with Crippen molar-refractivity contribution < 1.29 is 4.79 Å². The molecule has 0 saturated heterocycles. The first-order valence-corrected chi connectivity index (χ1v) is 6.12. The van der Waals surface area contributed by atoms with E-state index in [1.54, 1.807) is 0 Å². The standard InChI is InChI=1S/C12H24N2O/c1-4-7-14(10-5-6-10)12(15)11(13)8-9(2)3/h9-11H,4-8,13H2,1-3H3/t11-/m1/s1. The van der Waals surface area contributed by atoms with E-state index in [1.807, 2.05) is 4.90 Å². The highest BCUT2D eigenvalue weighted by molar-refractivity contribution is 5.82. The van der Waals surface area contributed by atoms with Gasteiger partial charge in [-0.25, -0.2) is 0 Å². The molecule has 3 heteroatoms. The fourth-order valence-corrected chi connectivity index (χ4v) is 1.92. The van der Waals surface area contributed by atoms with Crippen LogP contribution in [0.3, 0.4) is 0 Å². The molecular formula is C12H24N2O. The number of amides is 1. The highest BCUT2D eigenvalue weighted by Crippen LogP contribution is 2.27. The Morgan fingerprint density at radius 3 is 2.47 bits per heavy atom. The summed E-state index contributed by atoms with van der Waals surface area (Å²) in [7, 11) is 0. The molecule has 1 atom stereocenters. The summed E-state index contributed by atoms with van der Waals surface area (Å²) in [5.41, 5.74) is 5.92. The van der Waals surface area contributed by atoms with Crippen molar-refractivity contribution in [1.82, 2.24) is 4.90 Å². The summed E-state index contributed by atoms with van der Waals surface area (Å²) < 4.78 is 0. The predicted molar refractivity (Wildman–Crippen MR) is 62.5 cm³/mol. The maximum Gasteiger partial charge on any atom is 0.239 e. The Hall–Kier alpha value is -0.570. The predicted octanol–water partition coefficient (Wildman–Crippen LogP) is 1.76. The van der Waals surface area contributed by atoms with Crippen molar-refractivity contribution in [3.63, 3.8) is 0 Å². The number of carbonyl (C=O) groups is 1. The van der Waals surface area contributed by atoms with E-state index in [0.29, 0.717) is 12.0 Å². The van der Waals surface area contributed by atoms with Crippen molar-refractivity contribution in [3.8, 4) is 0 Å². The summed E-state index contributed by atoms with van der Waals surface area (Å²) in [5, 5.41) is 0. The lowest BCUT2D eigenvalue weighted by molar-refractivity contribution is -0.133. The van der Waals surface area contributed by atoms with E-state index in [2.05, 4.69) is 20.8 Å². The minimum atomic E-state index is -0.294. The molecule has 1 aliphatic rings. The summed E-state index contributed by atoms with van der Waals surface area (Å²) in [6, 6.07) is 0.202. The average molecular weight is 212 g/mol. The Kier molecular flexibility index (Phi) is 4.58. The van der Waals surface area contributed by atoms with Gasteiger partial charge in [-0.15, -0.1) is 0 Å². The normalized spacial score (nSPS) is 17.9. The molecule has 1 amide bonds. The van der Waals surface area contributed by atoms with Crippen LogP contribution in [0.1, 0.15) is 46.5 Å². The Bertz CT molecular complexity index is 212. The first kappa shape index (κ1) is 12.5. The minimum absolute atomic E-state index is 0.160. The van der Waals surface area contributed by atoms with Crippen LogP contribution in [-0.4, -0.2) is 29.4 Å². The van der Waals surface area contributed by atoms with Gasteiger partial charge in [0.05, 0.1) is 6.04 Å². The largest absolute Gasteiger partial charge is 0.338 e. The van der Waals surface area contributed by atoms with Crippen molar-refractivity contribution in [3.05, 3.63) is 0 Å². The molecule has 0 radical (unpaired) electrons. The average Bonchev–Trinajstić information content (AvgIpc) is 2.95. The zero-order valence-corrected chi connectivity index (χ0v) is 10.2. The number of rotatable bonds is 6. The fraction of sp³-hybridized carbons (Fsp3) is 0.917. The van der Waals surface area contributed by atoms with Gasteiger partial charge in [0.1, 0.15) is 0 Å². The number of hydrogen-bond donors (Lipinski definition) is 1. The molecule has 0 heterocycles. The zero-order valence-electron chi connectivity index (χ0n) is 10.2. The lowest BCUT2D eigenvalue weighted by Crippen LogP contribution is -2.45. The maximum atomic E-state index is 12.1. The maximum absolute atomic E-state index is 12.1. The molecule has 0 aromatic rings. The molecule has 15 heavy (non-hydrogen) atoms.